The fraction of sp³-hybridized carbons (Fsp3) is 1.00. The Morgan fingerprint density at radius 2 is 2.21 bits per heavy atom. The molecule has 2 fully saturated rings. The zero-order chi connectivity index (χ0) is 13.7. The number of hydrogen-bond donors (Lipinski definition) is 1. The molecule has 1 saturated carbocycles. The van der Waals surface area contributed by atoms with E-state index in [-0.39, 0.29) is 0 Å². The van der Waals surface area contributed by atoms with Gasteiger partial charge in [-0.3, -0.25) is 0 Å². The SMILES string of the molecule is CCCNC(C1CCCC(C)C1)C1CN(C)CCO1. The lowest BCUT2D eigenvalue weighted by molar-refractivity contribution is -0.0539. The number of rotatable bonds is 5. The van der Waals surface area contributed by atoms with Crippen LogP contribution in [-0.4, -0.2) is 50.3 Å². The van der Waals surface area contributed by atoms with Crippen molar-refractivity contribution in [2.75, 3.05) is 33.3 Å². The molecule has 2 rings (SSSR count). The molecular formula is C16H32N2O. The van der Waals surface area contributed by atoms with Gasteiger partial charge in [0.25, 0.3) is 0 Å². The van der Waals surface area contributed by atoms with Gasteiger partial charge in [-0.1, -0.05) is 26.7 Å². The van der Waals surface area contributed by atoms with Crippen molar-refractivity contribution in [2.24, 2.45) is 11.8 Å². The standard InChI is InChI=1S/C16H32N2O/c1-4-8-17-16(14-7-5-6-13(2)11-14)15-12-18(3)9-10-19-15/h13-17H,4-12H2,1-3H3. The van der Waals surface area contributed by atoms with Crippen molar-refractivity contribution in [1.29, 1.82) is 0 Å². The van der Waals surface area contributed by atoms with E-state index in [0.717, 1.165) is 38.1 Å². The van der Waals surface area contributed by atoms with Crippen molar-refractivity contribution in [3.8, 4) is 0 Å². The highest BCUT2D eigenvalue weighted by molar-refractivity contribution is 4.89. The van der Waals surface area contributed by atoms with E-state index in [1.54, 1.807) is 0 Å². The minimum absolute atomic E-state index is 0.389. The first-order valence-corrected chi connectivity index (χ1v) is 8.24. The van der Waals surface area contributed by atoms with Gasteiger partial charge in [0, 0.05) is 19.1 Å². The average Bonchev–Trinajstić information content (AvgIpc) is 2.39. The number of nitrogens with one attached hydrogen (secondary N) is 1. The number of morpholine rings is 1. The van der Waals surface area contributed by atoms with Crippen molar-refractivity contribution in [3.63, 3.8) is 0 Å². The summed E-state index contributed by atoms with van der Waals surface area (Å²) in [6.07, 6.45) is 7.18. The van der Waals surface area contributed by atoms with Gasteiger partial charge in [0.05, 0.1) is 12.7 Å². The predicted octanol–water partition coefficient (Wildman–Crippen LogP) is 2.51. The van der Waals surface area contributed by atoms with Crippen LogP contribution >= 0.6 is 0 Å². The van der Waals surface area contributed by atoms with Crippen LogP contribution in [0.15, 0.2) is 0 Å². The molecule has 4 unspecified atom stereocenters. The molecule has 4 atom stereocenters. The molecule has 3 heteroatoms. The highest BCUT2D eigenvalue weighted by atomic mass is 16.5. The second kappa shape index (κ2) is 7.61. The Bertz CT molecular complexity index is 237. The van der Waals surface area contributed by atoms with Gasteiger partial charge in [0.2, 0.25) is 0 Å². The first-order chi connectivity index (χ1) is 9.20. The molecule has 112 valence electrons. The van der Waals surface area contributed by atoms with Crippen LogP contribution in [0.3, 0.4) is 0 Å². The molecule has 3 nitrogen and oxygen atoms in total. The molecule has 0 spiro atoms. The third kappa shape index (κ3) is 4.44. The summed E-state index contributed by atoms with van der Waals surface area (Å²) in [6.45, 7) is 8.86. The Morgan fingerprint density at radius 3 is 2.89 bits per heavy atom. The molecule has 1 aliphatic heterocycles. The van der Waals surface area contributed by atoms with Gasteiger partial charge >= 0.3 is 0 Å². The molecule has 0 radical (unpaired) electrons. The lowest BCUT2D eigenvalue weighted by Gasteiger charge is -2.41. The van der Waals surface area contributed by atoms with Crippen molar-refractivity contribution in [2.45, 2.75) is 58.1 Å². The largest absolute Gasteiger partial charge is 0.374 e. The first kappa shape index (κ1) is 15.3. The molecule has 0 bridgehead atoms. The maximum atomic E-state index is 6.09. The third-order valence-electron chi connectivity index (χ3n) is 4.81. The summed E-state index contributed by atoms with van der Waals surface area (Å²) < 4.78 is 6.09. The van der Waals surface area contributed by atoms with Gasteiger partial charge in [0.15, 0.2) is 0 Å². The van der Waals surface area contributed by atoms with Gasteiger partial charge in [0.1, 0.15) is 0 Å². The van der Waals surface area contributed by atoms with E-state index >= 15 is 0 Å². The van der Waals surface area contributed by atoms with Crippen molar-refractivity contribution >= 4 is 0 Å². The minimum Gasteiger partial charge on any atom is -0.374 e. The summed E-state index contributed by atoms with van der Waals surface area (Å²) in [5, 5.41) is 3.80. The van der Waals surface area contributed by atoms with E-state index in [0.29, 0.717) is 12.1 Å². The Hall–Kier alpha value is -0.120. The Kier molecular flexibility index (Phi) is 6.11. The molecule has 0 aromatic rings. The molecule has 0 aromatic carbocycles. The second-order valence-corrected chi connectivity index (χ2v) is 6.68. The maximum absolute atomic E-state index is 6.09. The van der Waals surface area contributed by atoms with Crippen molar-refractivity contribution in [1.82, 2.24) is 10.2 Å². The maximum Gasteiger partial charge on any atom is 0.0857 e. The predicted molar refractivity (Wildman–Crippen MR) is 80.4 cm³/mol. The monoisotopic (exact) mass is 268 g/mol. The van der Waals surface area contributed by atoms with Gasteiger partial charge in [-0.25, -0.2) is 0 Å². The fourth-order valence-electron chi connectivity index (χ4n) is 3.75. The van der Waals surface area contributed by atoms with E-state index in [2.05, 4.69) is 31.1 Å². The van der Waals surface area contributed by atoms with Crippen LogP contribution < -0.4 is 5.32 Å². The van der Waals surface area contributed by atoms with Gasteiger partial charge in [-0.15, -0.1) is 0 Å². The highest BCUT2D eigenvalue weighted by Crippen LogP contribution is 2.32. The molecule has 2 aliphatic rings. The van der Waals surface area contributed by atoms with Crippen LogP contribution in [0.1, 0.15) is 46.0 Å². The van der Waals surface area contributed by atoms with Crippen LogP contribution in [0, 0.1) is 11.8 Å². The molecule has 0 amide bonds. The molecule has 1 saturated heterocycles. The van der Waals surface area contributed by atoms with Crippen molar-refractivity contribution in [3.05, 3.63) is 0 Å². The van der Waals surface area contributed by atoms with Crippen LogP contribution in [0.25, 0.3) is 0 Å². The van der Waals surface area contributed by atoms with Gasteiger partial charge in [-0.05, 0) is 44.7 Å². The third-order valence-corrected chi connectivity index (χ3v) is 4.81. The Morgan fingerprint density at radius 1 is 1.37 bits per heavy atom. The van der Waals surface area contributed by atoms with Gasteiger partial charge < -0.3 is 15.0 Å². The van der Waals surface area contributed by atoms with E-state index in [9.17, 15) is 0 Å². The first-order valence-electron chi connectivity index (χ1n) is 8.24. The Balaban J connectivity index is 1.97. The van der Waals surface area contributed by atoms with Crippen LogP contribution in [0.4, 0.5) is 0 Å². The quantitative estimate of drug-likeness (QED) is 0.829. The smallest absolute Gasteiger partial charge is 0.0857 e. The number of likely N-dealkylation sites (N-methyl/N-ethyl adjacent to an activating group) is 1. The van der Waals surface area contributed by atoms with E-state index in [1.807, 2.05) is 0 Å². The van der Waals surface area contributed by atoms with Crippen LogP contribution in [-0.2, 0) is 4.74 Å². The lowest BCUT2D eigenvalue weighted by atomic mass is 9.77. The second-order valence-electron chi connectivity index (χ2n) is 6.68. The average molecular weight is 268 g/mol. The number of nitrogens with zero attached hydrogens (tertiary/aromatic N) is 1. The summed E-state index contributed by atoms with van der Waals surface area (Å²) in [4.78, 5) is 2.42. The topological polar surface area (TPSA) is 24.5 Å². The number of hydrogen-bond acceptors (Lipinski definition) is 3. The normalized spacial score (nSPS) is 35.2. The van der Waals surface area contributed by atoms with Crippen LogP contribution in [0.2, 0.25) is 0 Å². The molecule has 19 heavy (non-hydrogen) atoms. The van der Waals surface area contributed by atoms with E-state index in [4.69, 9.17) is 4.74 Å². The van der Waals surface area contributed by atoms with Gasteiger partial charge in [-0.2, -0.15) is 0 Å². The van der Waals surface area contributed by atoms with Crippen molar-refractivity contribution < 1.29 is 4.74 Å². The molecule has 1 N–H and O–H groups in total. The molecule has 1 aliphatic carbocycles. The summed E-state index contributed by atoms with van der Waals surface area (Å²) in [7, 11) is 2.22. The summed E-state index contributed by atoms with van der Waals surface area (Å²) in [5.41, 5.74) is 0. The summed E-state index contributed by atoms with van der Waals surface area (Å²) in [5.74, 6) is 1.71. The summed E-state index contributed by atoms with van der Waals surface area (Å²) in [6, 6.07) is 0.561. The van der Waals surface area contributed by atoms with Crippen LogP contribution in [0.5, 0.6) is 0 Å². The van der Waals surface area contributed by atoms with E-state index < -0.39 is 0 Å². The highest BCUT2D eigenvalue weighted by Gasteiger charge is 2.34. The zero-order valence-electron chi connectivity index (χ0n) is 13.0. The molecule has 0 aromatic heterocycles. The summed E-state index contributed by atoms with van der Waals surface area (Å²) >= 11 is 0. The number of ether oxygens (including phenoxy) is 1. The minimum atomic E-state index is 0.389. The molecule has 1 heterocycles. The molecular weight excluding hydrogens is 236 g/mol. The Labute approximate surface area is 119 Å². The lowest BCUT2D eigenvalue weighted by Crippen LogP contribution is -2.55. The zero-order valence-corrected chi connectivity index (χ0v) is 13.0. The fourth-order valence-corrected chi connectivity index (χ4v) is 3.75. The van der Waals surface area contributed by atoms with E-state index in [1.165, 1.54) is 32.1 Å².